The molecule has 5 nitrogen and oxygen atoms in total. The molecule has 1 unspecified atom stereocenters. The summed E-state index contributed by atoms with van der Waals surface area (Å²) in [4.78, 5) is 11.1. The quantitative estimate of drug-likeness (QED) is 0.802. The maximum absolute atomic E-state index is 12.5. The van der Waals surface area contributed by atoms with Crippen LogP contribution in [0, 0.1) is 13.8 Å². The van der Waals surface area contributed by atoms with E-state index < -0.39 is 16.0 Å². The molecule has 0 radical (unpaired) electrons. The molecule has 0 saturated carbocycles. The highest BCUT2D eigenvalue weighted by Crippen LogP contribution is 2.22. The highest BCUT2D eigenvalue weighted by molar-refractivity contribution is 7.98. The van der Waals surface area contributed by atoms with Crippen LogP contribution in [0.5, 0.6) is 0 Å². The Morgan fingerprint density at radius 3 is 2.48 bits per heavy atom. The van der Waals surface area contributed by atoms with Crippen molar-refractivity contribution in [2.24, 2.45) is 0 Å². The number of benzene rings is 1. The van der Waals surface area contributed by atoms with Gasteiger partial charge in [0.25, 0.3) is 0 Å². The van der Waals surface area contributed by atoms with Gasteiger partial charge in [0.2, 0.25) is 10.0 Å². The van der Waals surface area contributed by atoms with E-state index in [-0.39, 0.29) is 16.5 Å². The lowest BCUT2D eigenvalue weighted by Crippen LogP contribution is -2.36. The Bertz CT molecular complexity index is 626. The van der Waals surface area contributed by atoms with E-state index in [4.69, 9.17) is 5.11 Å². The summed E-state index contributed by atoms with van der Waals surface area (Å²) in [5.41, 5.74) is 1.20. The Hall–Kier alpha value is -1.05. The van der Waals surface area contributed by atoms with Crippen molar-refractivity contribution >= 4 is 27.8 Å². The van der Waals surface area contributed by atoms with Gasteiger partial charge in [0.05, 0.1) is 10.5 Å². The molecule has 0 spiro atoms. The van der Waals surface area contributed by atoms with E-state index in [2.05, 4.69) is 4.72 Å². The summed E-state index contributed by atoms with van der Waals surface area (Å²) in [6, 6.07) is 2.53. The average Bonchev–Trinajstić information content (AvgIpc) is 2.40. The zero-order valence-electron chi connectivity index (χ0n) is 12.6. The van der Waals surface area contributed by atoms with Crippen molar-refractivity contribution in [3.63, 3.8) is 0 Å². The molecular weight excluding hydrogens is 310 g/mol. The van der Waals surface area contributed by atoms with Crippen LogP contribution in [-0.4, -0.2) is 37.5 Å². The molecule has 0 amide bonds. The molecule has 0 saturated heterocycles. The molecule has 0 fully saturated rings. The van der Waals surface area contributed by atoms with Gasteiger partial charge in [-0.2, -0.15) is 11.8 Å². The molecule has 1 aromatic carbocycles. The Kier molecular flexibility index (Phi) is 6.24. The SMILES string of the molecule is CCC(CSC)NS(=O)(=O)c1cc(C(=O)O)cc(C)c1C. The number of aromatic carboxylic acids is 1. The summed E-state index contributed by atoms with van der Waals surface area (Å²) < 4.78 is 27.7. The molecule has 0 aliphatic carbocycles. The largest absolute Gasteiger partial charge is 0.478 e. The highest BCUT2D eigenvalue weighted by Gasteiger charge is 2.23. The minimum atomic E-state index is -3.73. The second-order valence-corrected chi connectivity index (χ2v) is 7.50. The van der Waals surface area contributed by atoms with Crippen LogP contribution in [0.15, 0.2) is 17.0 Å². The number of carboxylic acids is 1. The molecule has 21 heavy (non-hydrogen) atoms. The van der Waals surface area contributed by atoms with Crippen molar-refractivity contribution in [1.29, 1.82) is 0 Å². The van der Waals surface area contributed by atoms with Gasteiger partial charge in [-0.3, -0.25) is 0 Å². The fourth-order valence-electron chi connectivity index (χ4n) is 1.95. The summed E-state index contributed by atoms with van der Waals surface area (Å²) in [5, 5.41) is 9.08. The molecule has 0 aliphatic heterocycles. The van der Waals surface area contributed by atoms with E-state index in [1.54, 1.807) is 25.6 Å². The van der Waals surface area contributed by atoms with Gasteiger partial charge in [0.1, 0.15) is 0 Å². The Morgan fingerprint density at radius 2 is 2.00 bits per heavy atom. The maximum atomic E-state index is 12.5. The highest BCUT2D eigenvalue weighted by atomic mass is 32.2. The van der Waals surface area contributed by atoms with Gasteiger partial charge in [0.15, 0.2) is 0 Å². The zero-order valence-corrected chi connectivity index (χ0v) is 14.3. The van der Waals surface area contributed by atoms with Gasteiger partial charge in [-0.25, -0.2) is 17.9 Å². The second-order valence-electron chi connectivity index (χ2n) is 4.90. The third-order valence-corrected chi connectivity index (χ3v) is 5.72. The lowest BCUT2D eigenvalue weighted by atomic mass is 10.1. The van der Waals surface area contributed by atoms with Crippen LogP contribution in [0.2, 0.25) is 0 Å². The van der Waals surface area contributed by atoms with Gasteiger partial charge >= 0.3 is 5.97 Å². The van der Waals surface area contributed by atoms with Crippen LogP contribution in [0.3, 0.4) is 0 Å². The Labute approximate surface area is 130 Å². The molecule has 0 aliphatic rings. The zero-order chi connectivity index (χ0) is 16.2. The van der Waals surface area contributed by atoms with Crippen LogP contribution < -0.4 is 4.72 Å². The molecule has 118 valence electrons. The molecular formula is C14H21NO4S2. The van der Waals surface area contributed by atoms with E-state index in [1.807, 2.05) is 13.2 Å². The average molecular weight is 331 g/mol. The second kappa shape index (κ2) is 7.29. The molecule has 1 atom stereocenters. The summed E-state index contributed by atoms with van der Waals surface area (Å²) in [6.07, 6.45) is 2.59. The number of nitrogens with one attached hydrogen (secondary N) is 1. The summed E-state index contributed by atoms with van der Waals surface area (Å²) in [6.45, 7) is 5.31. The lowest BCUT2D eigenvalue weighted by Gasteiger charge is -2.18. The predicted octanol–water partition coefficient (Wildman–Crippen LogP) is 2.42. The van der Waals surface area contributed by atoms with Crippen LogP contribution in [0.1, 0.15) is 34.8 Å². The maximum Gasteiger partial charge on any atom is 0.335 e. The van der Waals surface area contributed by atoms with Crippen molar-refractivity contribution in [2.75, 3.05) is 12.0 Å². The summed E-state index contributed by atoms with van der Waals surface area (Å²) >= 11 is 1.56. The normalized spacial score (nSPS) is 13.1. The number of hydrogen-bond acceptors (Lipinski definition) is 4. The van der Waals surface area contributed by atoms with Crippen LogP contribution in [0.4, 0.5) is 0 Å². The molecule has 0 bridgehead atoms. The summed E-state index contributed by atoms with van der Waals surface area (Å²) in [5.74, 6) is -0.461. The molecule has 1 aromatic rings. The molecule has 1 rings (SSSR count). The van der Waals surface area contributed by atoms with Crippen LogP contribution in [-0.2, 0) is 10.0 Å². The van der Waals surface area contributed by atoms with Gasteiger partial charge in [-0.15, -0.1) is 0 Å². The molecule has 0 heterocycles. The number of carboxylic acid groups (broad SMARTS) is 1. The van der Waals surface area contributed by atoms with E-state index in [1.165, 1.54) is 12.1 Å². The van der Waals surface area contributed by atoms with Gasteiger partial charge in [-0.05, 0) is 49.8 Å². The first kappa shape index (κ1) is 18.0. The first-order chi connectivity index (χ1) is 9.72. The smallest absolute Gasteiger partial charge is 0.335 e. The molecule has 2 N–H and O–H groups in total. The van der Waals surface area contributed by atoms with Crippen LogP contribution in [0.25, 0.3) is 0 Å². The first-order valence-electron chi connectivity index (χ1n) is 6.58. The third kappa shape index (κ3) is 4.46. The van der Waals surface area contributed by atoms with Crippen molar-refractivity contribution in [3.05, 3.63) is 28.8 Å². The van der Waals surface area contributed by atoms with Crippen molar-refractivity contribution in [2.45, 2.75) is 38.1 Å². The van der Waals surface area contributed by atoms with E-state index in [9.17, 15) is 13.2 Å². The topological polar surface area (TPSA) is 83.5 Å². The number of rotatable bonds is 7. The van der Waals surface area contributed by atoms with Crippen molar-refractivity contribution in [1.82, 2.24) is 4.72 Å². The standard InChI is InChI=1S/C14H21NO4S2/c1-5-12(8-20-4)15-21(18,19)13-7-11(14(16)17)6-9(2)10(13)3/h6-7,12,15H,5,8H2,1-4H3,(H,16,17). The monoisotopic (exact) mass is 331 g/mol. The fourth-order valence-corrected chi connectivity index (χ4v) is 4.44. The van der Waals surface area contributed by atoms with Crippen molar-refractivity contribution < 1.29 is 18.3 Å². The third-order valence-electron chi connectivity index (χ3n) is 3.34. The van der Waals surface area contributed by atoms with Gasteiger partial charge in [0, 0.05) is 11.8 Å². The lowest BCUT2D eigenvalue weighted by molar-refractivity contribution is 0.0696. The minimum absolute atomic E-state index is 0.0172. The molecule has 7 heteroatoms. The Balaban J connectivity index is 3.27. The van der Waals surface area contributed by atoms with Gasteiger partial charge in [-0.1, -0.05) is 6.92 Å². The number of aryl methyl sites for hydroxylation is 1. The van der Waals surface area contributed by atoms with E-state index in [0.29, 0.717) is 23.3 Å². The van der Waals surface area contributed by atoms with Crippen LogP contribution >= 0.6 is 11.8 Å². The first-order valence-corrected chi connectivity index (χ1v) is 9.46. The number of thioether (sulfide) groups is 1. The minimum Gasteiger partial charge on any atom is -0.478 e. The summed E-state index contributed by atoms with van der Waals surface area (Å²) in [7, 11) is -3.73. The van der Waals surface area contributed by atoms with E-state index in [0.717, 1.165) is 0 Å². The number of hydrogen-bond donors (Lipinski definition) is 2. The predicted molar refractivity (Wildman–Crippen MR) is 85.7 cm³/mol. The fraction of sp³-hybridized carbons (Fsp3) is 0.500. The van der Waals surface area contributed by atoms with E-state index >= 15 is 0 Å². The van der Waals surface area contributed by atoms with Crippen molar-refractivity contribution in [3.8, 4) is 0 Å². The number of carbonyl (C=O) groups is 1. The van der Waals surface area contributed by atoms with Gasteiger partial charge < -0.3 is 5.11 Å². The number of sulfonamides is 1. The molecule has 0 aromatic heterocycles. The Morgan fingerprint density at radius 1 is 1.38 bits per heavy atom.